The second-order valence-electron chi connectivity index (χ2n) is 4.35. The topological polar surface area (TPSA) is 29.5 Å². The van der Waals surface area contributed by atoms with E-state index >= 15 is 0 Å². The molecule has 1 saturated heterocycles. The monoisotopic (exact) mass is 233 g/mol. The summed E-state index contributed by atoms with van der Waals surface area (Å²) >= 11 is 0. The molecule has 0 spiro atoms. The molecule has 1 heterocycles. The van der Waals surface area contributed by atoms with Gasteiger partial charge >= 0.3 is 0 Å². The Bertz CT molecular complexity index is 390. The van der Waals surface area contributed by atoms with E-state index in [9.17, 15) is 4.79 Å². The fourth-order valence-corrected chi connectivity index (χ4v) is 2.00. The number of benzene rings is 1. The minimum Gasteiger partial charge on any atom is -0.494 e. The molecule has 0 aliphatic carbocycles. The van der Waals surface area contributed by atoms with Gasteiger partial charge in [0.1, 0.15) is 5.75 Å². The summed E-state index contributed by atoms with van der Waals surface area (Å²) < 4.78 is 5.64. The molecule has 2 rings (SSSR count). The van der Waals surface area contributed by atoms with Crippen LogP contribution in [-0.4, -0.2) is 19.1 Å². The first-order valence-electron chi connectivity index (χ1n) is 6.34. The zero-order valence-corrected chi connectivity index (χ0v) is 10.3. The molecule has 1 fully saturated rings. The lowest BCUT2D eigenvalue weighted by Crippen LogP contribution is -2.23. The van der Waals surface area contributed by atoms with Crippen molar-refractivity contribution in [1.82, 2.24) is 0 Å². The second kappa shape index (κ2) is 5.71. The van der Waals surface area contributed by atoms with Crippen LogP contribution in [0.15, 0.2) is 24.3 Å². The van der Waals surface area contributed by atoms with Crippen LogP contribution in [0.4, 0.5) is 5.69 Å². The van der Waals surface area contributed by atoms with Crippen LogP contribution in [0, 0.1) is 0 Å². The lowest BCUT2D eigenvalue weighted by Gasteiger charge is -2.16. The van der Waals surface area contributed by atoms with E-state index in [2.05, 4.69) is 6.92 Å². The quantitative estimate of drug-likeness (QED) is 0.732. The summed E-state index contributed by atoms with van der Waals surface area (Å²) in [6.07, 6.45) is 3.82. The SMILES string of the molecule is CCCCOc1cccc(N2CCCC2=O)c1. The summed E-state index contributed by atoms with van der Waals surface area (Å²) in [5, 5.41) is 0. The fourth-order valence-electron chi connectivity index (χ4n) is 2.00. The van der Waals surface area contributed by atoms with Gasteiger partial charge in [-0.3, -0.25) is 4.79 Å². The number of unbranched alkanes of at least 4 members (excludes halogenated alkanes) is 1. The third-order valence-corrected chi connectivity index (χ3v) is 2.97. The Labute approximate surface area is 102 Å². The third-order valence-electron chi connectivity index (χ3n) is 2.97. The molecule has 0 radical (unpaired) electrons. The number of hydrogen-bond acceptors (Lipinski definition) is 2. The zero-order valence-electron chi connectivity index (χ0n) is 10.3. The summed E-state index contributed by atoms with van der Waals surface area (Å²) in [5.41, 5.74) is 0.960. The number of rotatable bonds is 5. The van der Waals surface area contributed by atoms with Gasteiger partial charge in [0.05, 0.1) is 6.61 Å². The van der Waals surface area contributed by atoms with E-state index in [-0.39, 0.29) is 5.91 Å². The number of amides is 1. The van der Waals surface area contributed by atoms with Crippen molar-refractivity contribution in [3.8, 4) is 5.75 Å². The van der Waals surface area contributed by atoms with Crippen LogP contribution in [0.1, 0.15) is 32.6 Å². The van der Waals surface area contributed by atoms with E-state index in [1.54, 1.807) is 0 Å². The molecule has 1 amide bonds. The normalized spacial score (nSPS) is 15.4. The Kier molecular flexibility index (Phi) is 4.02. The van der Waals surface area contributed by atoms with Crippen molar-refractivity contribution in [3.05, 3.63) is 24.3 Å². The minimum absolute atomic E-state index is 0.218. The van der Waals surface area contributed by atoms with E-state index in [1.165, 1.54) is 0 Å². The predicted octanol–water partition coefficient (Wildman–Crippen LogP) is 2.99. The minimum atomic E-state index is 0.218. The number of hydrogen-bond donors (Lipinski definition) is 0. The molecule has 1 aromatic rings. The van der Waals surface area contributed by atoms with Gasteiger partial charge in [0, 0.05) is 24.7 Å². The number of carbonyl (C=O) groups excluding carboxylic acids is 1. The smallest absolute Gasteiger partial charge is 0.227 e. The van der Waals surface area contributed by atoms with E-state index in [1.807, 2.05) is 29.2 Å². The maximum atomic E-state index is 11.6. The molecule has 0 bridgehead atoms. The maximum absolute atomic E-state index is 11.6. The van der Waals surface area contributed by atoms with Crippen LogP contribution in [0.5, 0.6) is 5.75 Å². The first-order chi connectivity index (χ1) is 8.31. The molecule has 3 heteroatoms. The molecule has 1 aliphatic heterocycles. The molecule has 1 aromatic carbocycles. The second-order valence-corrected chi connectivity index (χ2v) is 4.35. The molecule has 1 aliphatic rings. The van der Waals surface area contributed by atoms with Gasteiger partial charge in [-0.2, -0.15) is 0 Å². The van der Waals surface area contributed by atoms with Crippen molar-refractivity contribution in [1.29, 1.82) is 0 Å². The van der Waals surface area contributed by atoms with E-state index in [4.69, 9.17) is 4.74 Å². The predicted molar refractivity (Wildman–Crippen MR) is 68.4 cm³/mol. The fraction of sp³-hybridized carbons (Fsp3) is 0.500. The van der Waals surface area contributed by atoms with Crippen molar-refractivity contribution in [2.24, 2.45) is 0 Å². The summed E-state index contributed by atoms with van der Waals surface area (Å²) in [4.78, 5) is 13.5. The highest BCUT2D eigenvalue weighted by atomic mass is 16.5. The average molecular weight is 233 g/mol. The summed E-state index contributed by atoms with van der Waals surface area (Å²) in [6, 6.07) is 7.82. The molecule has 0 N–H and O–H groups in total. The highest BCUT2D eigenvalue weighted by molar-refractivity contribution is 5.95. The Morgan fingerprint density at radius 2 is 2.29 bits per heavy atom. The Balaban J connectivity index is 2.03. The molecule has 0 unspecified atom stereocenters. The van der Waals surface area contributed by atoms with Gasteiger partial charge in [-0.25, -0.2) is 0 Å². The van der Waals surface area contributed by atoms with Crippen LogP contribution in [0.3, 0.4) is 0 Å². The number of nitrogens with zero attached hydrogens (tertiary/aromatic N) is 1. The summed E-state index contributed by atoms with van der Waals surface area (Å²) in [6.45, 7) is 3.72. The number of anilines is 1. The highest BCUT2D eigenvalue weighted by Crippen LogP contribution is 2.25. The van der Waals surface area contributed by atoms with Gasteiger partial charge in [0.15, 0.2) is 0 Å². The van der Waals surface area contributed by atoms with Gasteiger partial charge in [0.2, 0.25) is 5.91 Å². The largest absolute Gasteiger partial charge is 0.494 e. The molecule has 0 aromatic heterocycles. The molecule has 3 nitrogen and oxygen atoms in total. The standard InChI is InChI=1S/C14H19NO2/c1-2-3-10-17-13-7-4-6-12(11-13)15-9-5-8-14(15)16/h4,6-7,11H,2-3,5,8-10H2,1H3. The van der Waals surface area contributed by atoms with Gasteiger partial charge in [-0.1, -0.05) is 19.4 Å². The maximum Gasteiger partial charge on any atom is 0.227 e. The van der Waals surface area contributed by atoms with E-state index in [0.29, 0.717) is 6.42 Å². The van der Waals surface area contributed by atoms with Gasteiger partial charge in [0.25, 0.3) is 0 Å². The Hall–Kier alpha value is -1.51. The molecular formula is C14H19NO2. The van der Waals surface area contributed by atoms with Gasteiger partial charge in [-0.05, 0) is 25.0 Å². The zero-order chi connectivity index (χ0) is 12.1. The molecule has 92 valence electrons. The van der Waals surface area contributed by atoms with Crippen molar-refractivity contribution in [2.45, 2.75) is 32.6 Å². The van der Waals surface area contributed by atoms with Crippen molar-refractivity contribution >= 4 is 11.6 Å². The summed E-state index contributed by atoms with van der Waals surface area (Å²) in [7, 11) is 0. The first-order valence-corrected chi connectivity index (χ1v) is 6.34. The molecular weight excluding hydrogens is 214 g/mol. The number of carbonyl (C=O) groups is 1. The van der Waals surface area contributed by atoms with Crippen LogP contribution < -0.4 is 9.64 Å². The van der Waals surface area contributed by atoms with Crippen LogP contribution in [-0.2, 0) is 4.79 Å². The number of ether oxygens (including phenoxy) is 1. The van der Waals surface area contributed by atoms with Crippen molar-refractivity contribution < 1.29 is 9.53 Å². The van der Waals surface area contributed by atoms with Crippen LogP contribution in [0.25, 0.3) is 0 Å². The van der Waals surface area contributed by atoms with Crippen LogP contribution in [0.2, 0.25) is 0 Å². The van der Waals surface area contributed by atoms with Gasteiger partial charge in [-0.15, -0.1) is 0 Å². The van der Waals surface area contributed by atoms with Crippen molar-refractivity contribution in [2.75, 3.05) is 18.1 Å². The highest BCUT2D eigenvalue weighted by Gasteiger charge is 2.21. The van der Waals surface area contributed by atoms with Gasteiger partial charge < -0.3 is 9.64 Å². The lowest BCUT2D eigenvalue weighted by molar-refractivity contribution is -0.117. The summed E-state index contributed by atoms with van der Waals surface area (Å²) in [5.74, 6) is 1.08. The van der Waals surface area contributed by atoms with E-state index in [0.717, 1.165) is 43.9 Å². The Morgan fingerprint density at radius 1 is 1.41 bits per heavy atom. The van der Waals surface area contributed by atoms with E-state index < -0.39 is 0 Å². The van der Waals surface area contributed by atoms with Crippen LogP contribution >= 0.6 is 0 Å². The lowest BCUT2D eigenvalue weighted by atomic mass is 10.2. The molecule has 0 saturated carbocycles. The Morgan fingerprint density at radius 3 is 3.00 bits per heavy atom. The molecule has 17 heavy (non-hydrogen) atoms. The average Bonchev–Trinajstić information content (AvgIpc) is 2.76. The molecule has 0 atom stereocenters. The van der Waals surface area contributed by atoms with Crippen molar-refractivity contribution in [3.63, 3.8) is 0 Å². The third kappa shape index (κ3) is 2.99. The first kappa shape index (κ1) is 12.0.